The minimum Gasteiger partial charge on any atom is -0.493 e. The van der Waals surface area contributed by atoms with E-state index in [1.807, 2.05) is 0 Å². The zero-order chi connectivity index (χ0) is 19.8. The maximum Gasteiger partial charge on any atom is 0.446 e. The average Bonchev–Trinajstić information content (AvgIpc) is 2.78. The van der Waals surface area contributed by atoms with Gasteiger partial charge in [0.2, 0.25) is 5.88 Å². The van der Waals surface area contributed by atoms with E-state index < -0.39 is 11.2 Å². The molecule has 0 amide bonds. The molecule has 3 aromatic rings. The molecule has 142 valence electrons. The summed E-state index contributed by atoms with van der Waals surface area (Å²) >= 11 is 5.60. The van der Waals surface area contributed by atoms with E-state index in [0.717, 1.165) is 4.57 Å². The van der Waals surface area contributed by atoms with Gasteiger partial charge in [-0.05, 0) is 60.6 Å². The molecule has 2 aromatic heterocycles. The first-order valence-electron chi connectivity index (χ1n) is 7.63. The van der Waals surface area contributed by atoms with Crippen LogP contribution < -0.4 is 5.69 Å². The van der Waals surface area contributed by atoms with Crippen LogP contribution in [0.25, 0.3) is 5.69 Å². The third-order valence-corrected chi connectivity index (χ3v) is 4.77. The van der Waals surface area contributed by atoms with E-state index in [-0.39, 0.29) is 39.9 Å². The third kappa shape index (κ3) is 4.30. The van der Waals surface area contributed by atoms with Gasteiger partial charge in [0.25, 0.3) is 0 Å². The van der Waals surface area contributed by atoms with Gasteiger partial charge in [-0.25, -0.2) is 14.3 Å². The second kappa shape index (κ2) is 7.32. The highest BCUT2D eigenvalue weighted by Gasteiger charge is 2.29. The molecular weight excluding hydrogens is 403 g/mol. The molecule has 5 nitrogen and oxygen atoms in total. The minimum absolute atomic E-state index is 0.0126. The molecule has 3 rings (SSSR count). The van der Waals surface area contributed by atoms with Gasteiger partial charge in [-0.2, -0.15) is 13.2 Å². The molecule has 27 heavy (non-hydrogen) atoms. The van der Waals surface area contributed by atoms with Gasteiger partial charge in [0.05, 0.1) is 17.9 Å². The summed E-state index contributed by atoms with van der Waals surface area (Å²) in [6.45, 7) is 1.74. The number of aromatic nitrogens is 3. The molecule has 0 radical (unpaired) electrons. The summed E-state index contributed by atoms with van der Waals surface area (Å²) in [7, 11) is 0. The van der Waals surface area contributed by atoms with Gasteiger partial charge in [0, 0.05) is 11.1 Å². The number of imidazole rings is 1. The second-order valence-corrected chi connectivity index (χ2v) is 7.17. The van der Waals surface area contributed by atoms with Gasteiger partial charge >= 0.3 is 11.2 Å². The van der Waals surface area contributed by atoms with Gasteiger partial charge in [-0.1, -0.05) is 11.6 Å². The lowest BCUT2D eigenvalue weighted by molar-refractivity contribution is -0.0328. The molecule has 0 saturated heterocycles. The van der Waals surface area contributed by atoms with Crippen molar-refractivity contribution in [3.05, 3.63) is 69.5 Å². The van der Waals surface area contributed by atoms with Crippen LogP contribution in [-0.2, 0) is 6.54 Å². The highest BCUT2D eigenvalue weighted by atomic mass is 35.5. The Labute approximate surface area is 161 Å². The number of alkyl halides is 3. The van der Waals surface area contributed by atoms with Crippen LogP contribution in [0.1, 0.15) is 11.3 Å². The van der Waals surface area contributed by atoms with Crippen molar-refractivity contribution in [2.75, 3.05) is 0 Å². The lowest BCUT2D eigenvalue weighted by Crippen LogP contribution is -2.24. The Morgan fingerprint density at radius 3 is 2.48 bits per heavy atom. The van der Waals surface area contributed by atoms with Gasteiger partial charge < -0.3 is 5.11 Å². The topological polar surface area (TPSA) is 60.1 Å². The summed E-state index contributed by atoms with van der Waals surface area (Å²) in [5.74, 6) is -0.281. The first kappa shape index (κ1) is 19.4. The molecule has 0 aliphatic carbocycles. The quantitative estimate of drug-likeness (QED) is 0.508. The number of halogens is 4. The van der Waals surface area contributed by atoms with E-state index in [9.17, 15) is 23.1 Å². The van der Waals surface area contributed by atoms with Gasteiger partial charge in [-0.3, -0.25) is 4.57 Å². The molecule has 1 N–H and O–H groups in total. The van der Waals surface area contributed by atoms with Gasteiger partial charge in [0.1, 0.15) is 5.15 Å². The van der Waals surface area contributed by atoms with Crippen LogP contribution in [0.2, 0.25) is 5.15 Å². The molecular formula is C17H13ClF3N3O2S. The van der Waals surface area contributed by atoms with Crippen LogP contribution in [0.4, 0.5) is 13.2 Å². The Balaban J connectivity index is 1.96. The van der Waals surface area contributed by atoms with E-state index in [0.29, 0.717) is 11.3 Å². The van der Waals surface area contributed by atoms with E-state index in [1.54, 1.807) is 19.1 Å². The molecule has 0 aliphatic rings. The monoisotopic (exact) mass is 415 g/mol. The van der Waals surface area contributed by atoms with Crippen molar-refractivity contribution in [3.63, 3.8) is 0 Å². The molecule has 1 aromatic carbocycles. The Bertz CT molecular complexity index is 1030. The Morgan fingerprint density at radius 2 is 1.89 bits per heavy atom. The van der Waals surface area contributed by atoms with Crippen LogP contribution in [-0.4, -0.2) is 24.7 Å². The molecule has 0 saturated carbocycles. The molecule has 10 heteroatoms. The minimum atomic E-state index is -4.40. The normalized spacial score (nSPS) is 11.7. The largest absolute Gasteiger partial charge is 0.493 e. The number of pyridine rings is 1. The molecule has 0 fully saturated rings. The summed E-state index contributed by atoms with van der Waals surface area (Å²) < 4.78 is 39.7. The van der Waals surface area contributed by atoms with Crippen LogP contribution >= 0.6 is 23.4 Å². The van der Waals surface area contributed by atoms with Crippen molar-refractivity contribution < 1.29 is 18.3 Å². The van der Waals surface area contributed by atoms with Crippen molar-refractivity contribution in [3.8, 4) is 11.6 Å². The fourth-order valence-electron chi connectivity index (χ4n) is 2.58. The van der Waals surface area contributed by atoms with E-state index in [1.165, 1.54) is 35.0 Å². The fraction of sp³-hybridized carbons (Fsp3) is 0.176. The van der Waals surface area contributed by atoms with E-state index in [4.69, 9.17) is 11.6 Å². The van der Waals surface area contributed by atoms with Gasteiger partial charge in [0.15, 0.2) is 0 Å². The standard InChI is InChI=1S/C17H13ClF3N3O2S/c1-10-15(25)24(12-2-4-13(5-3-12)27-17(19,20)21)16(26)23(10)9-11-6-7-22-14(18)8-11/h2-8,25H,9H2,1H3. The van der Waals surface area contributed by atoms with Crippen molar-refractivity contribution >= 4 is 23.4 Å². The fourth-order valence-corrected chi connectivity index (χ4v) is 3.31. The van der Waals surface area contributed by atoms with E-state index >= 15 is 0 Å². The third-order valence-electron chi connectivity index (χ3n) is 3.82. The number of aromatic hydroxyl groups is 1. The predicted molar refractivity (Wildman–Crippen MR) is 96.7 cm³/mol. The average molecular weight is 416 g/mol. The first-order valence-corrected chi connectivity index (χ1v) is 8.83. The van der Waals surface area contributed by atoms with Crippen LogP contribution in [0.3, 0.4) is 0 Å². The summed E-state index contributed by atoms with van der Waals surface area (Å²) in [6, 6.07) is 8.48. The number of hydrogen-bond acceptors (Lipinski definition) is 4. The highest BCUT2D eigenvalue weighted by Crippen LogP contribution is 2.37. The zero-order valence-corrected chi connectivity index (χ0v) is 15.4. The molecule has 2 heterocycles. The molecule has 0 spiro atoms. The molecule has 0 bridgehead atoms. The van der Waals surface area contributed by atoms with Crippen LogP contribution in [0, 0.1) is 6.92 Å². The zero-order valence-electron chi connectivity index (χ0n) is 13.9. The number of thioether (sulfide) groups is 1. The predicted octanol–water partition coefficient (Wildman–Crippen LogP) is 4.36. The summed E-state index contributed by atoms with van der Waals surface area (Å²) in [4.78, 5) is 16.6. The van der Waals surface area contributed by atoms with Crippen molar-refractivity contribution in [2.45, 2.75) is 23.9 Å². The van der Waals surface area contributed by atoms with Crippen LogP contribution in [0.5, 0.6) is 5.88 Å². The van der Waals surface area contributed by atoms with E-state index in [2.05, 4.69) is 4.98 Å². The number of rotatable bonds is 4. The van der Waals surface area contributed by atoms with Crippen molar-refractivity contribution in [2.24, 2.45) is 0 Å². The Morgan fingerprint density at radius 1 is 1.22 bits per heavy atom. The number of hydrogen-bond donors (Lipinski definition) is 1. The van der Waals surface area contributed by atoms with Gasteiger partial charge in [-0.15, -0.1) is 0 Å². The number of nitrogens with zero attached hydrogens (tertiary/aromatic N) is 3. The van der Waals surface area contributed by atoms with Crippen molar-refractivity contribution in [1.82, 2.24) is 14.1 Å². The smallest absolute Gasteiger partial charge is 0.446 e. The summed E-state index contributed by atoms with van der Waals surface area (Å²) in [6.07, 6.45) is 1.51. The lowest BCUT2D eigenvalue weighted by atomic mass is 10.2. The Kier molecular flexibility index (Phi) is 5.25. The highest BCUT2D eigenvalue weighted by molar-refractivity contribution is 8.00. The van der Waals surface area contributed by atoms with Crippen LogP contribution in [0.15, 0.2) is 52.3 Å². The lowest BCUT2D eigenvalue weighted by Gasteiger charge is -2.07. The first-order chi connectivity index (χ1) is 12.7. The number of benzene rings is 1. The summed E-state index contributed by atoms with van der Waals surface area (Å²) in [5, 5.41) is 10.6. The Hall–Kier alpha value is -2.39. The maximum atomic E-state index is 12.7. The second-order valence-electron chi connectivity index (χ2n) is 5.64. The summed E-state index contributed by atoms with van der Waals surface area (Å²) in [5.41, 5.74) is -3.62. The molecule has 0 unspecified atom stereocenters. The molecule has 0 atom stereocenters. The molecule has 0 aliphatic heterocycles. The van der Waals surface area contributed by atoms with Crippen molar-refractivity contribution in [1.29, 1.82) is 0 Å². The maximum absolute atomic E-state index is 12.7. The SMILES string of the molecule is Cc1c(O)n(-c2ccc(SC(F)(F)F)cc2)c(=O)n1Cc1ccnc(Cl)c1.